The number of carbonyl (C=O) groups is 2. The molecule has 0 aliphatic carbocycles. The summed E-state index contributed by atoms with van der Waals surface area (Å²) in [4.78, 5) is 26.8. The first-order chi connectivity index (χ1) is 17.4. The summed E-state index contributed by atoms with van der Waals surface area (Å²) in [6.45, 7) is 11.2. The van der Waals surface area contributed by atoms with E-state index < -0.39 is 11.5 Å². The summed E-state index contributed by atoms with van der Waals surface area (Å²) in [5, 5.41) is 9.45. The van der Waals surface area contributed by atoms with Crippen LogP contribution in [0.5, 0.6) is 0 Å². The second kappa shape index (κ2) is 10.3. The third kappa shape index (κ3) is 5.95. The summed E-state index contributed by atoms with van der Waals surface area (Å²) in [6.07, 6.45) is 3.71. The second-order valence-electron chi connectivity index (χ2n) is 10.8. The molecule has 10 heteroatoms. The number of likely N-dealkylation sites (tertiary alicyclic amines) is 1. The summed E-state index contributed by atoms with van der Waals surface area (Å²) < 4.78 is 9.08. The van der Waals surface area contributed by atoms with Crippen LogP contribution in [0.4, 0.5) is 10.6 Å². The van der Waals surface area contributed by atoms with E-state index in [4.69, 9.17) is 21.3 Å². The molecule has 0 saturated carbocycles. The van der Waals surface area contributed by atoms with Crippen LogP contribution in [0, 0.1) is 13.8 Å². The van der Waals surface area contributed by atoms with Gasteiger partial charge in [-0.1, -0.05) is 29.8 Å². The Bertz CT molecular complexity index is 1300. The van der Waals surface area contributed by atoms with E-state index >= 15 is 0 Å². The number of rotatable bonds is 5. The van der Waals surface area contributed by atoms with Crippen LogP contribution in [0.3, 0.4) is 0 Å². The average Bonchev–Trinajstić information content (AvgIpc) is 3.20. The van der Waals surface area contributed by atoms with Gasteiger partial charge >= 0.3 is 6.09 Å². The molecule has 1 aromatic carbocycles. The minimum Gasteiger partial charge on any atom is -0.444 e. The number of nitrogen functional groups attached to an aromatic ring is 1. The number of amides is 2. The number of hydrogen-bond donors (Lipinski definition) is 2. The number of anilines is 1. The molecule has 2 amide bonds. The van der Waals surface area contributed by atoms with Crippen molar-refractivity contribution < 1.29 is 14.3 Å². The van der Waals surface area contributed by atoms with Crippen LogP contribution < -0.4 is 11.5 Å². The van der Waals surface area contributed by atoms with Crippen LogP contribution in [-0.2, 0) is 11.3 Å². The third-order valence-corrected chi connectivity index (χ3v) is 6.52. The summed E-state index contributed by atoms with van der Waals surface area (Å²) in [6, 6.07) is 8.16. The Morgan fingerprint density at radius 2 is 1.89 bits per heavy atom. The lowest BCUT2D eigenvalue weighted by Crippen LogP contribution is -2.37. The third-order valence-electron chi connectivity index (χ3n) is 6.52. The van der Waals surface area contributed by atoms with Gasteiger partial charge in [-0.25, -0.2) is 9.48 Å². The monoisotopic (exact) mass is 507 g/mol. The fourth-order valence-electron chi connectivity index (χ4n) is 4.82. The van der Waals surface area contributed by atoms with E-state index in [9.17, 15) is 9.59 Å². The number of aryl methyl sites for hydroxylation is 2. The van der Waals surface area contributed by atoms with Gasteiger partial charge in [-0.05, 0) is 59.4 Å². The predicted molar refractivity (Wildman–Crippen MR) is 142 cm³/mol. The zero-order valence-electron chi connectivity index (χ0n) is 22.3. The minimum absolute atomic E-state index is 0.0815. The van der Waals surface area contributed by atoms with Crippen molar-refractivity contribution in [3.63, 3.8) is 0 Å². The van der Waals surface area contributed by atoms with Crippen molar-refractivity contribution in [3.05, 3.63) is 52.8 Å². The van der Waals surface area contributed by atoms with Crippen LogP contribution in [0.2, 0.25) is 0 Å². The predicted octanol–water partition coefficient (Wildman–Crippen LogP) is 4.05. The summed E-state index contributed by atoms with van der Waals surface area (Å²) in [5.41, 5.74) is 16.1. The van der Waals surface area contributed by atoms with Crippen molar-refractivity contribution in [1.29, 1.82) is 0 Å². The number of ether oxygens (including phenoxy) is 1. The number of benzene rings is 1. The Morgan fingerprint density at radius 1 is 1.14 bits per heavy atom. The van der Waals surface area contributed by atoms with Crippen LogP contribution in [0.1, 0.15) is 73.3 Å². The molecule has 10 nitrogen and oxygen atoms in total. The largest absolute Gasteiger partial charge is 0.444 e. The molecule has 4 N–H and O–H groups in total. The van der Waals surface area contributed by atoms with Crippen molar-refractivity contribution in [2.75, 3.05) is 18.8 Å². The molecule has 37 heavy (non-hydrogen) atoms. The van der Waals surface area contributed by atoms with Gasteiger partial charge in [0.15, 0.2) is 0 Å². The number of carbonyl (C=O) groups excluding carboxylic acids is 2. The molecule has 0 radical (unpaired) electrons. The van der Waals surface area contributed by atoms with Gasteiger partial charge in [-0.15, -0.1) is 0 Å². The molecule has 1 saturated heterocycles. The maximum absolute atomic E-state index is 12.6. The maximum Gasteiger partial charge on any atom is 0.410 e. The lowest BCUT2D eigenvalue weighted by Gasteiger charge is -2.26. The highest BCUT2D eigenvalue weighted by molar-refractivity contribution is 6.03. The molecule has 1 fully saturated rings. The van der Waals surface area contributed by atoms with Crippen LogP contribution in [0.15, 0.2) is 30.5 Å². The molecule has 0 bridgehead atoms. The molecular weight excluding hydrogens is 470 g/mol. The highest BCUT2D eigenvalue weighted by Gasteiger charge is 2.30. The van der Waals surface area contributed by atoms with E-state index in [0.717, 1.165) is 29.7 Å². The van der Waals surface area contributed by atoms with E-state index in [1.54, 1.807) is 9.58 Å². The van der Waals surface area contributed by atoms with Crippen molar-refractivity contribution in [2.24, 2.45) is 5.73 Å². The lowest BCUT2D eigenvalue weighted by molar-refractivity contribution is 0.0255. The fraction of sp³-hybridized carbons (Fsp3) is 0.481. The van der Waals surface area contributed by atoms with Crippen LogP contribution in [-0.4, -0.2) is 55.2 Å². The van der Waals surface area contributed by atoms with Crippen molar-refractivity contribution in [1.82, 2.24) is 24.5 Å². The first kappa shape index (κ1) is 26.2. The topological polar surface area (TPSA) is 134 Å². The minimum atomic E-state index is -0.631. The van der Waals surface area contributed by atoms with Gasteiger partial charge in [0.1, 0.15) is 22.7 Å². The second-order valence-corrected chi connectivity index (χ2v) is 10.8. The highest BCUT2D eigenvalue weighted by atomic mass is 16.6. The highest BCUT2D eigenvalue weighted by Crippen LogP contribution is 2.34. The van der Waals surface area contributed by atoms with Crippen molar-refractivity contribution in [2.45, 2.75) is 72.1 Å². The Labute approximate surface area is 217 Å². The average molecular weight is 508 g/mol. The summed E-state index contributed by atoms with van der Waals surface area (Å²) >= 11 is 0. The molecule has 4 rings (SSSR count). The van der Waals surface area contributed by atoms with E-state index in [1.807, 2.05) is 44.6 Å². The molecule has 0 unspecified atom stereocenters. The van der Waals surface area contributed by atoms with E-state index in [1.165, 1.54) is 5.56 Å². The molecule has 2 aromatic heterocycles. The normalized spacial score (nSPS) is 16.5. The molecule has 198 valence electrons. The summed E-state index contributed by atoms with van der Waals surface area (Å²) in [7, 11) is 0. The first-order valence-corrected chi connectivity index (χ1v) is 12.7. The van der Waals surface area contributed by atoms with Gasteiger partial charge in [0.25, 0.3) is 5.91 Å². The number of nitrogens with two attached hydrogens (primary N) is 2. The Morgan fingerprint density at radius 3 is 2.57 bits per heavy atom. The Kier molecular flexibility index (Phi) is 7.29. The quantitative estimate of drug-likeness (QED) is 0.535. The molecule has 1 aliphatic heterocycles. The van der Waals surface area contributed by atoms with Gasteiger partial charge in [0.2, 0.25) is 0 Å². The zero-order valence-corrected chi connectivity index (χ0v) is 22.3. The van der Waals surface area contributed by atoms with E-state index in [2.05, 4.69) is 30.2 Å². The number of hydrogen-bond acceptors (Lipinski definition) is 6. The lowest BCUT2D eigenvalue weighted by atomic mass is 10.1. The van der Waals surface area contributed by atoms with Gasteiger partial charge in [-0.3, -0.25) is 9.48 Å². The maximum atomic E-state index is 12.6. The first-order valence-electron chi connectivity index (χ1n) is 12.7. The molecule has 0 spiro atoms. The Balaban J connectivity index is 1.60. The zero-order chi connectivity index (χ0) is 26.9. The van der Waals surface area contributed by atoms with Crippen LogP contribution in [0.25, 0.3) is 11.3 Å². The molecule has 1 atom stereocenters. The smallest absolute Gasteiger partial charge is 0.410 e. The fourth-order valence-corrected chi connectivity index (χ4v) is 4.82. The molecule has 3 aromatic rings. The number of primary amides is 1. The van der Waals surface area contributed by atoms with Crippen molar-refractivity contribution in [3.8, 4) is 11.3 Å². The molecule has 3 heterocycles. The Hall–Kier alpha value is -3.82. The number of aromatic nitrogens is 4. The van der Waals surface area contributed by atoms with Gasteiger partial charge in [0.05, 0.1) is 18.3 Å². The van der Waals surface area contributed by atoms with Gasteiger partial charge in [-0.2, -0.15) is 10.2 Å². The summed E-state index contributed by atoms with van der Waals surface area (Å²) in [5.74, 6) is -0.391. The van der Waals surface area contributed by atoms with Gasteiger partial charge < -0.3 is 21.1 Å². The van der Waals surface area contributed by atoms with E-state index in [0.29, 0.717) is 31.7 Å². The SMILES string of the molecule is Cc1cccc(Cn2cc(-c3nn([C@H]4CCCN(C(=O)OC(C)(C)C)CC4)c(N)c3C(N)=O)c(C)n2)c1. The molecular formula is C27H37N7O3. The standard InChI is InChI=1S/C27H37N7O3/c1-17-8-6-9-19(14-17)15-33-16-21(18(2)30-33)23-22(25(29)35)24(28)34(31-23)20-10-7-12-32(13-11-20)26(36)37-27(3,4)5/h6,8-9,14,16,20H,7,10-13,15,28H2,1-5H3,(H2,29,35)/t20-/m0/s1. The van der Waals surface area contributed by atoms with Crippen LogP contribution >= 0.6 is 0 Å². The van der Waals surface area contributed by atoms with Crippen molar-refractivity contribution >= 4 is 17.8 Å². The van der Waals surface area contributed by atoms with Gasteiger partial charge in [0, 0.05) is 24.8 Å². The van der Waals surface area contributed by atoms with E-state index in [-0.39, 0.29) is 23.5 Å². The molecule has 1 aliphatic rings. The number of nitrogens with zero attached hydrogens (tertiary/aromatic N) is 5.